The Hall–Kier alpha value is -1.62. The highest BCUT2D eigenvalue weighted by Gasteiger charge is 2.31. The number of carbonyl (C=O) groups is 1. The van der Waals surface area contributed by atoms with E-state index in [-0.39, 0.29) is 17.8 Å². The molecule has 1 aliphatic heterocycles. The van der Waals surface area contributed by atoms with E-state index >= 15 is 0 Å². The Morgan fingerprint density at radius 2 is 2.15 bits per heavy atom. The molecule has 1 fully saturated rings. The van der Waals surface area contributed by atoms with Gasteiger partial charge >= 0.3 is 0 Å². The minimum atomic E-state index is -0.429. The van der Waals surface area contributed by atoms with Gasteiger partial charge in [-0.2, -0.15) is 0 Å². The number of halogens is 1. The van der Waals surface area contributed by atoms with Gasteiger partial charge in [0, 0.05) is 13.7 Å². The highest BCUT2D eigenvalue weighted by Crippen LogP contribution is 2.20. The van der Waals surface area contributed by atoms with Crippen molar-refractivity contribution in [2.24, 2.45) is 0 Å². The van der Waals surface area contributed by atoms with Crippen LogP contribution in [0.5, 0.6) is 5.75 Å². The lowest BCUT2D eigenvalue weighted by molar-refractivity contribution is -0.142. The van der Waals surface area contributed by atoms with Gasteiger partial charge in [-0.3, -0.25) is 4.79 Å². The van der Waals surface area contributed by atoms with Gasteiger partial charge in [0.15, 0.2) is 0 Å². The van der Waals surface area contributed by atoms with Gasteiger partial charge in [0.05, 0.1) is 6.04 Å². The van der Waals surface area contributed by atoms with Crippen molar-refractivity contribution in [1.29, 1.82) is 0 Å². The van der Waals surface area contributed by atoms with Crippen molar-refractivity contribution in [3.05, 3.63) is 30.1 Å². The second kappa shape index (κ2) is 6.70. The van der Waals surface area contributed by atoms with E-state index in [1.807, 2.05) is 4.90 Å². The maximum absolute atomic E-state index is 12.8. The van der Waals surface area contributed by atoms with E-state index in [1.54, 1.807) is 19.1 Å². The summed E-state index contributed by atoms with van der Waals surface area (Å²) in [4.78, 5) is 14.0. The van der Waals surface area contributed by atoms with Crippen molar-refractivity contribution in [3.63, 3.8) is 0 Å². The largest absolute Gasteiger partial charge is 0.491 e. The van der Waals surface area contributed by atoms with E-state index in [2.05, 4.69) is 0 Å². The molecule has 0 saturated carbocycles. The summed E-state index contributed by atoms with van der Waals surface area (Å²) in [5, 5.41) is 0. The summed E-state index contributed by atoms with van der Waals surface area (Å²) >= 11 is 0. The maximum atomic E-state index is 12.8. The van der Waals surface area contributed by atoms with Gasteiger partial charge in [0.25, 0.3) is 5.91 Å². The van der Waals surface area contributed by atoms with Gasteiger partial charge in [-0.25, -0.2) is 4.39 Å². The van der Waals surface area contributed by atoms with Crippen LogP contribution in [-0.4, -0.2) is 43.2 Å². The topological polar surface area (TPSA) is 38.8 Å². The van der Waals surface area contributed by atoms with E-state index in [1.165, 1.54) is 19.2 Å². The average molecular weight is 281 g/mol. The Bertz CT molecular complexity index is 449. The molecular weight excluding hydrogens is 261 g/mol. The molecule has 0 aliphatic carbocycles. The van der Waals surface area contributed by atoms with Crippen molar-refractivity contribution >= 4 is 5.91 Å². The summed E-state index contributed by atoms with van der Waals surface area (Å²) in [6, 6.07) is 5.97. The SMILES string of the molecule is CO[C@H](C)C(=O)N1CCC[C@@H]1COc1ccc(F)cc1. The average Bonchev–Trinajstić information content (AvgIpc) is 2.93. The Balaban J connectivity index is 1.91. The third kappa shape index (κ3) is 3.48. The zero-order valence-electron chi connectivity index (χ0n) is 11.8. The van der Waals surface area contributed by atoms with Crippen LogP contribution in [0, 0.1) is 5.82 Å². The normalized spacial score (nSPS) is 19.9. The second-order valence-corrected chi connectivity index (χ2v) is 4.97. The van der Waals surface area contributed by atoms with Crippen LogP contribution in [0.2, 0.25) is 0 Å². The van der Waals surface area contributed by atoms with Crippen molar-refractivity contribution in [3.8, 4) is 5.75 Å². The third-order valence-corrected chi connectivity index (χ3v) is 3.62. The van der Waals surface area contributed by atoms with Crippen LogP contribution >= 0.6 is 0 Å². The molecule has 0 bridgehead atoms. The molecule has 1 heterocycles. The lowest BCUT2D eigenvalue weighted by Gasteiger charge is -2.27. The summed E-state index contributed by atoms with van der Waals surface area (Å²) in [7, 11) is 1.53. The number of rotatable bonds is 5. The van der Waals surface area contributed by atoms with Crippen LogP contribution in [0.3, 0.4) is 0 Å². The quantitative estimate of drug-likeness (QED) is 0.831. The molecule has 1 amide bonds. The second-order valence-electron chi connectivity index (χ2n) is 4.97. The van der Waals surface area contributed by atoms with E-state index in [0.29, 0.717) is 12.4 Å². The van der Waals surface area contributed by atoms with Gasteiger partial charge in [-0.05, 0) is 44.0 Å². The number of benzene rings is 1. The van der Waals surface area contributed by atoms with Gasteiger partial charge in [-0.1, -0.05) is 0 Å². The zero-order valence-corrected chi connectivity index (χ0v) is 11.8. The standard InChI is InChI=1S/C15H20FNO3/c1-11(19-2)15(18)17-9-3-4-13(17)10-20-14-7-5-12(16)6-8-14/h5-8,11,13H,3-4,9-10H2,1-2H3/t11-,13-/m1/s1. The number of hydrogen-bond acceptors (Lipinski definition) is 3. The minimum Gasteiger partial charge on any atom is -0.491 e. The van der Waals surface area contributed by atoms with Gasteiger partial charge in [0.2, 0.25) is 0 Å². The molecule has 110 valence electrons. The lowest BCUT2D eigenvalue weighted by atomic mass is 10.2. The van der Waals surface area contributed by atoms with Crippen LogP contribution in [0.1, 0.15) is 19.8 Å². The summed E-state index contributed by atoms with van der Waals surface area (Å²) in [5.74, 6) is 0.326. The van der Waals surface area contributed by atoms with E-state index < -0.39 is 6.10 Å². The predicted octanol–water partition coefficient (Wildman–Crippen LogP) is 2.23. The molecule has 0 unspecified atom stereocenters. The van der Waals surface area contributed by atoms with E-state index in [0.717, 1.165) is 19.4 Å². The van der Waals surface area contributed by atoms with Crippen molar-refractivity contribution in [2.45, 2.75) is 31.9 Å². The van der Waals surface area contributed by atoms with Crippen LogP contribution in [0.15, 0.2) is 24.3 Å². The van der Waals surface area contributed by atoms with E-state index in [4.69, 9.17) is 9.47 Å². The molecule has 2 rings (SSSR count). The molecule has 0 aromatic heterocycles. The molecule has 1 saturated heterocycles. The number of likely N-dealkylation sites (tertiary alicyclic amines) is 1. The lowest BCUT2D eigenvalue weighted by Crippen LogP contribution is -2.44. The Kier molecular flexibility index (Phi) is 4.95. The zero-order chi connectivity index (χ0) is 14.5. The van der Waals surface area contributed by atoms with Crippen molar-refractivity contribution in [2.75, 3.05) is 20.3 Å². The monoisotopic (exact) mass is 281 g/mol. The first kappa shape index (κ1) is 14.8. The highest BCUT2D eigenvalue weighted by molar-refractivity contribution is 5.81. The first-order valence-electron chi connectivity index (χ1n) is 6.83. The Labute approximate surface area is 118 Å². The molecule has 2 atom stereocenters. The fourth-order valence-electron chi connectivity index (χ4n) is 2.36. The molecule has 1 aromatic carbocycles. The van der Waals surface area contributed by atoms with Crippen LogP contribution < -0.4 is 4.74 Å². The highest BCUT2D eigenvalue weighted by atomic mass is 19.1. The number of methoxy groups -OCH3 is 1. The van der Waals surface area contributed by atoms with Gasteiger partial charge < -0.3 is 14.4 Å². The molecule has 4 nitrogen and oxygen atoms in total. The molecule has 0 spiro atoms. The van der Waals surface area contributed by atoms with Gasteiger partial charge in [-0.15, -0.1) is 0 Å². The Morgan fingerprint density at radius 3 is 2.80 bits per heavy atom. The molecule has 0 N–H and O–H groups in total. The summed E-state index contributed by atoms with van der Waals surface area (Å²) in [6.07, 6.45) is 1.46. The van der Waals surface area contributed by atoms with Crippen LogP contribution in [0.25, 0.3) is 0 Å². The molecule has 20 heavy (non-hydrogen) atoms. The molecule has 5 heteroatoms. The molecule has 1 aliphatic rings. The van der Waals surface area contributed by atoms with Crippen molar-refractivity contribution < 1.29 is 18.7 Å². The number of amides is 1. The van der Waals surface area contributed by atoms with Gasteiger partial charge in [0.1, 0.15) is 24.3 Å². The number of nitrogens with zero attached hydrogens (tertiary/aromatic N) is 1. The summed E-state index contributed by atoms with van der Waals surface area (Å²) < 4.78 is 23.5. The Morgan fingerprint density at radius 1 is 1.45 bits per heavy atom. The first-order valence-corrected chi connectivity index (χ1v) is 6.83. The summed E-state index contributed by atoms with van der Waals surface area (Å²) in [5.41, 5.74) is 0. The maximum Gasteiger partial charge on any atom is 0.251 e. The minimum absolute atomic E-state index is 0.00212. The third-order valence-electron chi connectivity index (χ3n) is 3.62. The van der Waals surface area contributed by atoms with Crippen molar-refractivity contribution in [1.82, 2.24) is 4.90 Å². The van der Waals surface area contributed by atoms with E-state index in [9.17, 15) is 9.18 Å². The van der Waals surface area contributed by atoms with Crippen LogP contribution in [0.4, 0.5) is 4.39 Å². The molecular formula is C15H20FNO3. The fourth-order valence-corrected chi connectivity index (χ4v) is 2.36. The molecule has 1 aromatic rings. The molecule has 0 radical (unpaired) electrons. The number of carbonyl (C=O) groups excluding carboxylic acids is 1. The first-order chi connectivity index (χ1) is 9.61. The number of hydrogen-bond donors (Lipinski definition) is 0. The smallest absolute Gasteiger partial charge is 0.251 e. The fraction of sp³-hybridized carbons (Fsp3) is 0.533. The summed E-state index contributed by atoms with van der Waals surface area (Å²) in [6.45, 7) is 2.91. The predicted molar refractivity (Wildman–Crippen MR) is 73.1 cm³/mol. The van der Waals surface area contributed by atoms with Crippen LogP contribution in [-0.2, 0) is 9.53 Å². The number of ether oxygens (including phenoxy) is 2.